The molecule has 0 spiro atoms. The average Bonchev–Trinajstić information content (AvgIpc) is 2.99. The largest absolute Gasteiger partial charge is 0.329 e. The van der Waals surface area contributed by atoms with Gasteiger partial charge in [-0.1, -0.05) is 6.08 Å². The Hall–Kier alpha value is -0.680. The number of nitrogens with zero attached hydrogens (tertiary/aromatic N) is 1. The summed E-state index contributed by atoms with van der Waals surface area (Å²) in [6.45, 7) is 0. The highest BCUT2D eigenvalue weighted by molar-refractivity contribution is 7.99. The van der Waals surface area contributed by atoms with Crippen molar-refractivity contribution in [1.29, 1.82) is 0 Å². The minimum Gasteiger partial charge on any atom is -0.303 e. The molecule has 0 aromatic rings. The number of hydrogen-bond acceptors (Lipinski definition) is 3. The molecule has 1 aliphatic carbocycles. The predicted octanol–water partition coefficient (Wildman–Crippen LogP) is 2.73. The molecule has 2 saturated heterocycles. The number of rotatable bonds is 2. The van der Waals surface area contributed by atoms with Crippen LogP contribution in [0, 0.1) is 5.92 Å². The van der Waals surface area contributed by atoms with Crippen LogP contribution in [0.5, 0.6) is 0 Å². The average molecular weight is 315 g/mol. The van der Waals surface area contributed by atoms with Crippen LogP contribution < -0.4 is 5.32 Å². The molecule has 20 heavy (non-hydrogen) atoms. The van der Waals surface area contributed by atoms with Crippen molar-refractivity contribution in [3.63, 3.8) is 0 Å². The van der Waals surface area contributed by atoms with Gasteiger partial charge in [-0.05, 0) is 49.5 Å². The number of hydrogen-bond donors (Lipinski definition) is 1. The lowest BCUT2D eigenvalue weighted by atomic mass is 9.94. The fraction of sp³-hybridized carbons (Fsp3) is 0.714. The van der Waals surface area contributed by atoms with Crippen LogP contribution in [0.2, 0.25) is 0 Å². The maximum atomic E-state index is 12.4. The highest BCUT2D eigenvalue weighted by atomic mass is 35.5. The van der Waals surface area contributed by atoms with Crippen LogP contribution in [0.15, 0.2) is 11.8 Å². The maximum absolute atomic E-state index is 12.4. The second kappa shape index (κ2) is 5.98. The summed E-state index contributed by atoms with van der Waals surface area (Å²) in [5.41, 5.74) is 0.471. The fourth-order valence-electron chi connectivity index (χ4n) is 3.16. The van der Waals surface area contributed by atoms with Crippen LogP contribution in [0.4, 0.5) is 4.79 Å². The first-order chi connectivity index (χ1) is 9.65. The molecule has 110 valence electrons. The van der Waals surface area contributed by atoms with Crippen molar-refractivity contribution < 1.29 is 9.59 Å². The van der Waals surface area contributed by atoms with Gasteiger partial charge < -0.3 is 5.32 Å². The van der Waals surface area contributed by atoms with Crippen LogP contribution >= 0.6 is 23.4 Å². The molecule has 3 atom stereocenters. The lowest BCUT2D eigenvalue weighted by Crippen LogP contribution is -2.43. The maximum Gasteiger partial charge on any atom is 0.329 e. The number of carbonyl (C=O) groups is 2. The van der Waals surface area contributed by atoms with Gasteiger partial charge in [-0.25, -0.2) is 4.79 Å². The monoisotopic (exact) mass is 314 g/mol. The van der Waals surface area contributed by atoms with Crippen molar-refractivity contribution >= 4 is 35.3 Å². The number of urea groups is 1. The smallest absolute Gasteiger partial charge is 0.303 e. The summed E-state index contributed by atoms with van der Waals surface area (Å²) in [4.78, 5) is 25.9. The number of alkyl halides is 1. The van der Waals surface area contributed by atoms with Crippen molar-refractivity contribution in [3.05, 3.63) is 11.8 Å². The summed E-state index contributed by atoms with van der Waals surface area (Å²) in [5.74, 6) is 2.42. The number of thioether (sulfide) groups is 1. The Morgan fingerprint density at radius 3 is 2.85 bits per heavy atom. The van der Waals surface area contributed by atoms with Gasteiger partial charge in [0.05, 0.1) is 0 Å². The number of allylic oxidation sites excluding steroid dienone is 1. The van der Waals surface area contributed by atoms with Crippen LogP contribution in [0.3, 0.4) is 0 Å². The van der Waals surface area contributed by atoms with Crippen LogP contribution in [-0.4, -0.2) is 39.8 Å². The third-order valence-corrected chi connectivity index (χ3v) is 5.81. The quantitative estimate of drug-likeness (QED) is 0.484. The van der Waals surface area contributed by atoms with E-state index >= 15 is 0 Å². The first kappa shape index (κ1) is 14.3. The molecule has 3 rings (SSSR count). The topological polar surface area (TPSA) is 49.4 Å². The van der Waals surface area contributed by atoms with Crippen LogP contribution in [-0.2, 0) is 4.79 Å². The van der Waals surface area contributed by atoms with Gasteiger partial charge in [0.1, 0.15) is 5.70 Å². The molecule has 3 fully saturated rings. The summed E-state index contributed by atoms with van der Waals surface area (Å²) in [6, 6.07) is -0.315. The van der Waals surface area contributed by atoms with Crippen molar-refractivity contribution in [3.8, 4) is 0 Å². The minimum absolute atomic E-state index is 0.0393. The van der Waals surface area contributed by atoms with E-state index in [-0.39, 0.29) is 23.4 Å². The Labute approximate surface area is 128 Å². The highest BCUT2D eigenvalue weighted by Crippen LogP contribution is 2.30. The Morgan fingerprint density at radius 2 is 2.15 bits per heavy atom. The van der Waals surface area contributed by atoms with Gasteiger partial charge >= 0.3 is 6.03 Å². The van der Waals surface area contributed by atoms with Gasteiger partial charge in [0.15, 0.2) is 0 Å². The van der Waals surface area contributed by atoms with E-state index in [0.29, 0.717) is 18.0 Å². The van der Waals surface area contributed by atoms with Gasteiger partial charge in [0.2, 0.25) is 0 Å². The SMILES string of the molecule is O=C1N/C(=C\C2CCSC2)C(=O)N1C1CCCC(Cl)C1. The Bertz CT molecular complexity index is 448. The molecular formula is C14H19ClN2O2S. The minimum atomic E-state index is -0.275. The lowest BCUT2D eigenvalue weighted by molar-refractivity contribution is -0.124. The number of carbonyl (C=O) groups excluding carboxylic acids is 2. The molecule has 1 saturated carbocycles. The van der Waals surface area contributed by atoms with Crippen molar-refractivity contribution in [2.45, 2.75) is 43.5 Å². The van der Waals surface area contributed by atoms with Gasteiger partial charge in [-0.3, -0.25) is 9.69 Å². The zero-order valence-corrected chi connectivity index (χ0v) is 12.9. The summed E-state index contributed by atoms with van der Waals surface area (Å²) < 4.78 is 0. The third kappa shape index (κ3) is 2.84. The summed E-state index contributed by atoms with van der Waals surface area (Å²) in [5, 5.41) is 2.82. The molecule has 6 heteroatoms. The van der Waals surface area contributed by atoms with E-state index in [1.165, 1.54) is 4.90 Å². The van der Waals surface area contributed by atoms with E-state index in [2.05, 4.69) is 5.32 Å². The molecule has 3 aliphatic rings. The molecule has 0 bridgehead atoms. The highest BCUT2D eigenvalue weighted by Gasteiger charge is 2.40. The van der Waals surface area contributed by atoms with E-state index in [1.807, 2.05) is 17.8 Å². The summed E-state index contributed by atoms with van der Waals surface area (Å²) in [6.07, 6.45) is 6.58. The summed E-state index contributed by atoms with van der Waals surface area (Å²) in [7, 11) is 0. The van der Waals surface area contributed by atoms with E-state index in [1.54, 1.807) is 0 Å². The normalized spacial score (nSPS) is 36.8. The fourth-order valence-corrected chi connectivity index (χ4v) is 4.72. The number of nitrogens with one attached hydrogen (secondary N) is 1. The predicted molar refractivity (Wildman–Crippen MR) is 80.8 cm³/mol. The van der Waals surface area contributed by atoms with Crippen molar-refractivity contribution in [2.24, 2.45) is 5.92 Å². The molecule has 4 nitrogen and oxygen atoms in total. The number of halogens is 1. The van der Waals surface area contributed by atoms with E-state index in [0.717, 1.165) is 37.2 Å². The molecule has 3 amide bonds. The van der Waals surface area contributed by atoms with Gasteiger partial charge in [0, 0.05) is 11.4 Å². The Balaban J connectivity index is 1.72. The zero-order valence-electron chi connectivity index (χ0n) is 11.3. The molecular weight excluding hydrogens is 296 g/mol. The van der Waals surface area contributed by atoms with Crippen LogP contribution in [0.1, 0.15) is 32.1 Å². The molecule has 2 heterocycles. The van der Waals surface area contributed by atoms with Gasteiger partial charge in [-0.2, -0.15) is 11.8 Å². The van der Waals surface area contributed by atoms with Crippen LogP contribution in [0.25, 0.3) is 0 Å². The molecule has 3 unspecified atom stereocenters. The van der Waals surface area contributed by atoms with Crippen molar-refractivity contribution in [2.75, 3.05) is 11.5 Å². The first-order valence-electron chi connectivity index (χ1n) is 7.23. The van der Waals surface area contributed by atoms with Crippen molar-refractivity contribution in [1.82, 2.24) is 10.2 Å². The van der Waals surface area contributed by atoms with E-state index < -0.39 is 0 Å². The van der Waals surface area contributed by atoms with E-state index in [4.69, 9.17) is 11.6 Å². The zero-order chi connectivity index (χ0) is 14.1. The first-order valence-corrected chi connectivity index (χ1v) is 8.82. The number of amides is 3. The molecule has 0 aromatic carbocycles. The molecule has 2 aliphatic heterocycles. The lowest BCUT2D eigenvalue weighted by Gasteiger charge is -2.30. The Morgan fingerprint density at radius 1 is 1.30 bits per heavy atom. The van der Waals surface area contributed by atoms with Gasteiger partial charge in [-0.15, -0.1) is 11.6 Å². The Kier molecular flexibility index (Phi) is 4.26. The molecule has 0 aromatic heterocycles. The standard InChI is InChI=1S/C14H19ClN2O2S/c15-10-2-1-3-11(7-10)17-13(18)12(16-14(17)19)6-9-4-5-20-8-9/h6,9-11H,1-5,7-8H2,(H,16,19)/b12-6-. The molecule has 1 N–H and O–H groups in total. The molecule has 0 radical (unpaired) electrons. The second-order valence-electron chi connectivity index (χ2n) is 5.73. The van der Waals surface area contributed by atoms with Gasteiger partial charge in [0.25, 0.3) is 5.91 Å². The summed E-state index contributed by atoms with van der Waals surface area (Å²) >= 11 is 8.07. The second-order valence-corrected chi connectivity index (χ2v) is 7.49. The third-order valence-electron chi connectivity index (χ3n) is 4.22. The number of imide groups is 1. The van der Waals surface area contributed by atoms with E-state index in [9.17, 15) is 9.59 Å².